The summed E-state index contributed by atoms with van der Waals surface area (Å²) >= 11 is 5.92. The van der Waals surface area contributed by atoms with Crippen molar-refractivity contribution in [2.45, 2.75) is 6.92 Å². The molecule has 0 aliphatic rings. The van der Waals surface area contributed by atoms with Crippen molar-refractivity contribution in [3.8, 4) is 0 Å². The molecule has 1 N–H and O–H groups in total. The highest BCUT2D eigenvalue weighted by Crippen LogP contribution is 2.23. The minimum atomic E-state index is 0.750. The molecule has 1 aromatic carbocycles. The number of pyridine rings is 1. The van der Waals surface area contributed by atoms with Gasteiger partial charge in [-0.2, -0.15) is 0 Å². The van der Waals surface area contributed by atoms with E-state index < -0.39 is 0 Å². The molecule has 14 heavy (non-hydrogen) atoms. The summed E-state index contributed by atoms with van der Waals surface area (Å²) in [5.41, 5.74) is 2.15. The predicted molar refractivity (Wildman–Crippen MR) is 61.0 cm³/mol. The molecule has 0 aliphatic heterocycles. The maximum atomic E-state index is 5.92. The van der Waals surface area contributed by atoms with Crippen molar-refractivity contribution >= 4 is 28.3 Å². The number of nitrogens with zero attached hydrogens (tertiary/aromatic N) is 1. The molecule has 1 aromatic heterocycles. The van der Waals surface area contributed by atoms with E-state index in [0.29, 0.717) is 0 Å². The molecule has 0 bridgehead atoms. The highest BCUT2D eigenvalue weighted by atomic mass is 35.5. The topological polar surface area (TPSA) is 24.9 Å². The lowest BCUT2D eigenvalue weighted by Crippen LogP contribution is -1.93. The second kappa shape index (κ2) is 3.46. The van der Waals surface area contributed by atoms with Gasteiger partial charge in [-0.05, 0) is 36.8 Å². The van der Waals surface area contributed by atoms with Gasteiger partial charge in [0.15, 0.2) is 0 Å². The van der Waals surface area contributed by atoms with Gasteiger partial charge in [-0.1, -0.05) is 11.6 Å². The van der Waals surface area contributed by atoms with Crippen LogP contribution in [0.2, 0.25) is 5.02 Å². The third-order valence-corrected chi connectivity index (χ3v) is 2.47. The van der Waals surface area contributed by atoms with E-state index in [-0.39, 0.29) is 0 Å². The Bertz CT molecular complexity index is 480. The van der Waals surface area contributed by atoms with Crippen LogP contribution in [0.25, 0.3) is 10.9 Å². The number of hydrogen-bond donors (Lipinski definition) is 1. The highest BCUT2D eigenvalue weighted by Gasteiger charge is 2.01. The lowest BCUT2D eigenvalue weighted by Gasteiger charge is -2.05. The van der Waals surface area contributed by atoms with E-state index in [1.807, 2.05) is 31.3 Å². The molecule has 2 nitrogen and oxygen atoms in total. The molecule has 0 amide bonds. The highest BCUT2D eigenvalue weighted by molar-refractivity contribution is 6.31. The number of rotatable bonds is 1. The molecule has 3 heteroatoms. The van der Waals surface area contributed by atoms with Gasteiger partial charge in [0.2, 0.25) is 0 Å². The normalized spacial score (nSPS) is 10.5. The van der Waals surface area contributed by atoms with E-state index in [1.165, 1.54) is 5.56 Å². The minimum Gasteiger partial charge on any atom is -0.373 e. The summed E-state index contributed by atoms with van der Waals surface area (Å²) in [6.07, 6.45) is 0. The van der Waals surface area contributed by atoms with Crippen LogP contribution in [0.1, 0.15) is 5.56 Å². The summed E-state index contributed by atoms with van der Waals surface area (Å²) in [5.74, 6) is 0.886. The lowest BCUT2D eigenvalue weighted by atomic mass is 10.1. The number of benzene rings is 1. The van der Waals surface area contributed by atoms with Crippen LogP contribution in [0.4, 0.5) is 5.82 Å². The first-order valence-electron chi connectivity index (χ1n) is 4.45. The van der Waals surface area contributed by atoms with Crippen LogP contribution in [0.5, 0.6) is 0 Å². The summed E-state index contributed by atoms with van der Waals surface area (Å²) < 4.78 is 0. The van der Waals surface area contributed by atoms with Crippen molar-refractivity contribution in [3.63, 3.8) is 0 Å². The smallest absolute Gasteiger partial charge is 0.126 e. The Hall–Kier alpha value is -1.28. The third kappa shape index (κ3) is 1.53. The summed E-state index contributed by atoms with van der Waals surface area (Å²) in [6.45, 7) is 2.06. The number of aromatic nitrogens is 1. The first kappa shape index (κ1) is 9.28. The Morgan fingerprint density at radius 1 is 1.29 bits per heavy atom. The van der Waals surface area contributed by atoms with E-state index in [2.05, 4.69) is 17.2 Å². The van der Waals surface area contributed by atoms with Gasteiger partial charge < -0.3 is 5.32 Å². The fourth-order valence-corrected chi connectivity index (χ4v) is 1.67. The third-order valence-electron chi connectivity index (χ3n) is 2.23. The minimum absolute atomic E-state index is 0.750. The summed E-state index contributed by atoms with van der Waals surface area (Å²) in [4.78, 5) is 4.43. The molecule has 0 spiro atoms. The van der Waals surface area contributed by atoms with Crippen LogP contribution in [0.15, 0.2) is 24.3 Å². The van der Waals surface area contributed by atoms with Crippen molar-refractivity contribution in [2.24, 2.45) is 0 Å². The summed E-state index contributed by atoms with van der Waals surface area (Å²) in [7, 11) is 1.86. The van der Waals surface area contributed by atoms with Crippen molar-refractivity contribution in [2.75, 3.05) is 12.4 Å². The van der Waals surface area contributed by atoms with E-state index >= 15 is 0 Å². The molecule has 0 saturated heterocycles. The number of nitrogens with one attached hydrogen (secondary N) is 1. The average molecular weight is 207 g/mol. The fraction of sp³-hybridized carbons (Fsp3) is 0.182. The molecule has 2 rings (SSSR count). The monoisotopic (exact) mass is 206 g/mol. The zero-order valence-corrected chi connectivity index (χ0v) is 8.89. The van der Waals surface area contributed by atoms with E-state index in [4.69, 9.17) is 11.6 Å². The second-order valence-electron chi connectivity index (χ2n) is 3.24. The van der Waals surface area contributed by atoms with Crippen molar-refractivity contribution in [3.05, 3.63) is 34.9 Å². The maximum Gasteiger partial charge on any atom is 0.126 e. The number of halogens is 1. The van der Waals surface area contributed by atoms with E-state index in [9.17, 15) is 0 Å². The molecule has 72 valence electrons. The van der Waals surface area contributed by atoms with Crippen molar-refractivity contribution < 1.29 is 0 Å². The quantitative estimate of drug-likeness (QED) is 0.775. The number of fused-ring (bicyclic) bond motifs is 1. The standard InChI is InChI=1S/C11H11ClN2/c1-7-5-11(13-2)14-10-4-3-8(12)6-9(7)10/h3-6H,1-2H3,(H,13,14). The average Bonchev–Trinajstić information content (AvgIpc) is 2.19. The zero-order valence-electron chi connectivity index (χ0n) is 8.13. The molecule has 1 heterocycles. The Balaban J connectivity index is 2.76. The van der Waals surface area contributed by atoms with Crippen LogP contribution >= 0.6 is 11.6 Å². The van der Waals surface area contributed by atoms with Gasteiger partial charge in [-0.15, -0.1) is 0 Å². The molecular weight excluding hydrogens is 196 g/mol. The van der Waals surface area contributed by atoms with Gasteiger partial charge in [-0.3, -0.25) is 0 Å². The van der Waals surface area contributed by atoms with Gasteiger partial charge in [0, 0.05) is 17.5 Å². The first-order valence-corrected chi connectivity index (χ1v) is 4.83. The molecule has 0 aliphatic carbocycles. The number of hydrogen-bond acceptors (Lipinski definition) is 2. The van der Waals surface area contributed by atoms with Gasteiger partial charge in [-0.25, -0.2) is 4.98 Å². The fourth-order valence-electron chi connectivity index (χ4n) is 1.49. The molecule has 0 saturated carbocycles. The molecule has 0 radical (unpaired) electrons. The predicted octanol–water partition coefficient (Wildman–Crippen LogP) is 3.24. The zero-order chi connectivity index (χ0) is 10.1. The second-order valence-corrected chi connectivity index (χ2v) is 3.67. The summed E-state index contributed by atoms with van der Waals surface area (Å²) in [6, 6.07) is 7.75. The van der Waals surface area contributed by atoms with Crippen molar-refractivity contribution in [1.29, 1.82) is 0 Å². The number of aryl methyl sites for hydroxylation is 1. The molecular formula is C11H11ClN2. The van der Waals surface area contributed by atoms with Gasteiger partial charge in [0.1, 0.15) is 5.82 Å². The summed E-state index contributed by atoms with van der Waals surface area (Å²) in [5, 5.41) is 4.89. The van der Waals surface area contributed by atoms with Crippen LogP contribution in [0, 0.1) is 6.92 Å². The van der Waals surface area contributed by atoms with Crippen LogP contribution < -0.4 is 5.32 Å². The Morgan fingerprint density at radius 3 is 2.79 bits per heavy atom. The van der Waals surface area contributed by atoms with Gasteiger partial charge in [0.05, 0.1) is 5.52 Å². The van der Waals surface area contributed by atoms with Crippen LogP contribution in [0.3, 0.4) is 0 Å². The molecule has 0 unspecified atom stereocenters. The Labute approximate surface area is 87.9 Å². The van der Waals surface area contributed by atoms with E-state index in [1.54, 1.807) is 0 Å². The van der Waals surface area contributed by atoms with Crippen LogP contribution in [-0.4, -0.2) is 12.0 Å². The Morgan fingerprint density at radius 2 is 2.07 bits per heavy atom. The molecule has 0 atom stereocenters. The largest absolute Gasteiger partial charge is 0.373 e. The lowest BCUT2D eigenvalue weighted by molar-refractivity contribution is 1.32. The number of anilines is 1. The maximum absolute atomic E-state index is 5.92. The molecule has 0 fully saturated rings. The first-order chi connectivity index (χ1) is 6.70. The SMILES string of the molecule is CNc1cc(C)c2cc(Cl)ccc2n1. The molecule has 2 aromatic rings. The van der Waals surface area contributed by atoms with Gasteiger partial charge in [0.25, 0.3) is 0 Å². The van der Waals surface area contributed by atoms with Crippen molar-refractivity contribution in [1.82, 2.24) is 4.98 Å². The van der Waals surface area contributed by atoms with E-state index in [0.717, 1.165) is 21.7 Å². The van der Waals surface area contributed by atoms with Crippen LogP contribution in [-0.2, 0) is 0 Å². The van der Waals surface area contributed by atoms with Gasteiger partial charge >= 0.3 is 0 Å². The Kier molecular flexibility index (Phi) is 2.30.